The number of rotatable bonds is 7. The summed E-state index contributed by atoms with van der Waals surface area (Å²) in [6.07, 6.45) is 2.88. The molecule has 3 heterocycles. The molecule has 2 saturated heterocycles. The van der Waals surface area contributed by atoms with Crippen LogP contribution in [-0.4, -0.2) is 53.1 Å². The van der Waals surface area contributed by atoms with Gasteiger partial charge in [-0.25, -0.2) is 4.79 Å². The molecule has 0 saturated carbocycles. The number of piperidine rings is 2. The molecule has 1 aromatic heterocycles. The second-order valence-corrected chi connectivity index (χ2v) is 10.4. The number of nitrogens with one attached hydrogen (secondary N) is 3. The van der Waals surface area contributed by atoms with Gasteiger partial charge in [-0.15, -0.1) is 0 Å². The van der Waals surface area contributed by atoms with Crippen molar-refractivity contribution in [3.63, 3.8) is 0 Å². The maximum absolute atomic E-state index is 13.1. The van der Waals surface area contributed by atoms with Gasteiger partial charge in [0.25, 0.3) is 0 Å². The van der Waals surface area contributed by atoms with Crippen molar-refractivity contribution in [2.75, 3.05) is 23.7 Å². The molecule has 0 bridgehead atoms. The predicted molar refractivity (Wildman–Crippen MR) is 151 cm³/mol. The fraction of sp³-hybridized carbons (Fsp3) is 0.400. The molecule has 0 aliphatic carbocycles. The SMILES string of the molecule is Cc1noc(C)c1-c1ccc(NC2CCN(C(=O)OCc3ccccc3)CC2)c(NC(=O)[C@@H]2CCCC(=O)N2)c1. The van der Waals surface area contributed by atoms with Crippen molar-refractivity contribution < 1.29 is 23.6 Å². The summed E-state index contributed by atoms with van der Waals surface area (Å²) in [6, 6.07) is 15.0. The molecular formula is C30H35N5O5. The van der Waals surface area contributed by atoms with Crippen LogP contribution >= 0.6 is 0 Å². The topological polar surface area (TPSA) is 126 Å². The maximum atomic E-state index is 13.1. The van der Waals surface area contributed by atoms with E-state index in [-0.39, 0.29) is 30.6 Å². The van der Waals surface area contributed by atoms with E-state index < -0.39 is 6.04 Å². The summed E-state index contributed by atoms with van der Waals surface area (Å²) in [7, 11) is 0. The molecule has 40 heavy (non-hydrogen) atoms. The van der Waals surface area contributed by atoms with Crippen LogP contribution in [0.1, 0.15) is 49.1 Å². The first-order chi connectivity index (χ1) is 19.4. The normalized spacial score (nSPS) is 17.7. The number of benzene rings is 2. The monoisotopic (exact) mass is 545 g/mol. The highest BCUT2D eigenvalue weighted by atomic mass is 16.6. The van der Waals surface area contributed by atoms with Crippen LogP contribution in [-0.2, 0) is 20.9 Å². The van der Waals surface area contributed by atoms with Gasteiger partial charge >= 0.3 is 6.09 Å². The van der Waals surface area contributed by atoms with E-state index in [2.05, 4.69) is 21.1 Å². The average molecular weight is 546 g/mol. The van der Waals surface area contributed by atoms with Crippen molar-refractivity contribution in [2.45, 2.75) is 64.6 Å². The Morgan fingerprint density at radius 1 is 1.07 bits per heavy atom. The van der Waals surface area contributed by atoms with Crippen molar-refractivity contribution >= 4 is 29.3 Å². The van der Waals surface area contributed by atoms with Crippen molar-refractivity contribution in [1.82, 2.24) is 15.4 Å². The first kappa shape index (κ1) is 27.2. The van der Waals surface area contributed by atoms with Crippen molar-refractivity contribution in [1.29, 1.82) is 0 Å². The molecule has 210 valence electrons. The van der Waals surface area contributed by atoms with E-state index >= 15 is 0 Å². The lowest BCUT2D eigenvalue weighted by atomic mass is 10.0. The minimum atomic E-state index is -0.568. The Bertz CT molecular complexity index is 1340. The van der Waals surface area contributed by atoms with Crippen molar-refractivity contribution in [3.8, 4) is 11.1 Å². The molecule has 2 fully saturated rings. The van der Waals surface area contributed by atoms with Gasteiger partial charge in [0.05, 0.1) is 17.1 Å². The molecule has 2 aromatic carbocycles. The van der Waals surface area contributed by atoms with E-state index in [4.69, 9.17) is 9.26 Å². The number of nitrogens with zero attached hydrogens (tertiary/aromatic N) is 2. The largest absolute Gasteiger partial charge is 0.445 e. The zero-order valence-electron chi connectivity index (χ0n) is 22.9. The average Bonchev–Trinajstić information content (AvgIpc) is 3.31. The molecule has 2 aliphatic heterocycles. The number of anilines is 2. The van der Waals surface area contributed by atoms with Crippen LogP contribution < -0.4 is 16.0 Å². The summed E-state index contributed by atoms with van der Waals surface area (Å²) in [5.74, 6) is 0.341. The second kappa shape index (κ2) is 12.2. The van der Waals surface area contributed by atoms with Crippen LogP contribution in [0.25, 0.3) is 11.1 Å². The number of hydrogen-bond acceptors (Lipinski definition) is 7. The summed E-state index contributed by atoms with van der Waals surface area (Å²) < 4.78 is 10.9. The van der Waals surface area contributed by atoms with Gasteiger partial charge < -0.3 is 30.1 Å². The van der Waals surface area contributed by atoms with E-state index in [0.29, 0.717) is 43.8 Å². The number of amides is 3. The third-order valence-corrected chi connectivity index (χ3v) is 7.47. The first-order valence-corrected chi connectivity index (χ1v) is 13.8. The summed E-state index contributed by atoms with van der Waals surface area (Å²) in [5, 5.41) is 13.5. The fourth-order valence-electron chi connectivity index (χ4n) is 5.28. The van der Waals surface area contributed by atoms with E-state index in [0.717, 1.165) is 40.9 Å². The van der Waals surface area contributed by atoms with Gasteiger partial charge in [0, 0.05) is 31.1 Å². The van der Waals surface area contributed by atoms with Gasteiger partial charge in [0.1, 0.15) is 18.4 Å². The number of hydrogen-bond donors (Lipinski definition) is 3. The highest BCUT2D eigenvalue weighted by Gasteiger charge is 2.27. The summed E-state index contributed by atoms with van der Waals surface area (Å²) in [6.45, 7) is 5.12. The van der Waals surface area contributed by atoms with Crippen LogP contribution in [0.5, 0.6) is 0 Å². The van der Waals surface area contributed by atoms with Crippen LogP contribution in [0, 0.1) is 13.8 Å². The number of ether oxygens (including phenoxy) is 1. The van der Waals surface area contributed by atoms with Gasteiger partial charge in [-0.3, -0.25) is 9.59 Å². The standard InChI is InChI=1S/C30H35N5O5/c1-19-28(20(2)40-34-19)22-11-12-24(26(17-22)33-29(37)25-9-6-10-27(36)32-25)31-23-13-15-35(16-14-23)30(38)39-18-21-7-4-3-5-8-21/h3-5,7-8,11-12,17,23,25,31H,6,9-10,13-16,18H2,1-2H3,(H,32,36)(H,33,37)/t25-/m0/s1. The molecule has 10 heteroatoms. The van der Waals surface area contributed by atoms with Gasteiger partial charge in [-0.05, 0) is 62.8 Å². The molecule has 2 aliphatic rings. The Morgan fingerprint density at radius 2 is 1.85 bits per heavy atom. The second-order valence-electron chi connectivity index (χ2n) is 10.4. The van der Waals surface area contributed by atoms with Gasteiger partial charge in [-0.1, -0.05) is 41.6 Å². The van der Waals surface area contributed by atoms with Crippen LogP contribution in [0.15, 0.2) is 53.1 Å². The Kier molecular flexibility index (Phi) is 8.33. The number of carbonyl (C=O) groups excluding carboxylic acids is 3. The summed E-state index contributed by atoms with van der Waals surface area (Å²) in [5.41, 5.74) is 4.87. The molecule has 3 amide bonds. The van der Waals surface area contributed by atoms with Crippen LogP contribution in [0.2, 0.25) is 0 Å². The van der Waals surface area contributed by atoms with Gasteiger partial charge in [-0.2, -0.15) is 0 Å². The van der Waals surface area contributed by atoms with E-state index in [1.54, 1.807) is 4.90 Å². The zero-order valence-corrected chi connectivity index (χ0v) is 22.9. The molecule has 0 radical (unpaired) electrons. The smallest absolute Gasteiger partial charge is 0.410 e. The number of carbonyl (C=O) groups is 3. The van der Waals surface area contributed by atoms with E-state index in [9.17, 15) is 14.4 Å². The third-order valence-electron chi connectivity index (χ3n) is 7.47. The first-order valence-electron chi connectivity index (χ1n) is 13.8. The Balaban J connectivity index is 1.26. The number of likely N-dealkylation sites (tertiary alicyclic amines) is 1. The molecular weight excluding hydrogens is 510 g/mol. The zero-order chi connectivity index (χ0) is 28.1. The molecule has 5 rings (SSSR count). The number of aryl methyl sites for hydroxylation is 2. The Hall–Kier alpha value is -4.34. The lowest BCUT2D eigenvalue weighted by Gasteiger charge is -2.33. The molecule has 3 N–H and O–H groups in total. The van der Waals surface area contributed by atoms with Crippen molar-refractivity contribution in [2.24, 2.45) is 0 Å². The lowest BCUT2D eigenvalue weighted by Crippen LogP contribution is -2.46. The third kappa shape index (κ3) is 6.44. The Labute approximate surface area is 233 Å². The fourth-order valence-corrected chi connectivity index (χ4v) is 5.28. The highest BCUT2D eigenvalue weighted by molar-refractivity contribution is 6.00. The predicted octanol–water partition coefficient (Wildman–Crippen LogP) is 4.78. The quantitative estimate of drug-likeness (QED) is 0.390. The van der Waals surface area contributed by atoms with Crippen LogP contribution in [0.4, 0.5) is 16.2 Å². The minimum Gasteiger partial charge on any atom is -0.445 e. The Morgan fingerprint density at radius 3 is 2.55 bits per heavy atom. The molecule has 0 unspecified atom stereocenters. The van der Waals surface area contributed by atoms with Gasteiger partial charge in [0.15, 0.2) is 0 Å². The summed E-state index contributed by atoms with van der Waals surface area (Å²) >= 11 is 0. The molecule has 0 spiro atoms. The summed E-state index contributed by atoms with van der Waals surface area (Å²) in [4.78, 5) is 39.3. The molecule has 3 aromatic rings. The van der Waals surface area contributed by atoms with E-state index in [1.807, 2.05) is 62.4 Å². The van der Waals surface area contributed by atoms with Gasteiger partial charge in [0.2, 0.25) is 11.8 Å². The van der Waals surface area contributed by atoms with Crippen LogP contribution in [0.3, 0.4) is 0 Å². The molecule has 1 atom stereocenters. The minimum absolute atomic E-state index is 0.105. The maximum Gasteiger partial charge on any atom is 0.410 e. The molecule has 10 nitrogen and oxygen atoms in total. The van der Waals surface area contributed by atoms with E-state index in [1.165, 1.54) is 0 Å². The lowest BCUT2D eigenvalue weighted by molar-refractivity contribution is -0.128. The highest BCUT2D eigenvalue weighted by Crippen LogP contribution is 2.34. The number of aromatic nitrogens is 1. The van der Waals surface area contributed by atoms with Crippen molar-refractivity contribution in [3.05, 3.63) is 65.5 Å².